The molecule has 2 rings (SSSR count). The van der Waals surface area contributed by atoms with Crippen molar-refractivity contribution >= 4 is 11.6 Å². The van der Waals surface area contributed by atoms with E-state index in [-0.39, 0.29) is 11.7 Å². The van der Waals surface area contributed by atoms with Gasteiger partial charge in [-0.3, -0.25) is 4.79 Å². The van der Waals surface area contributed by atoms with Crippen molar-refractivity contribution in [3.05, 3.63) is 29.6 Å². The quantitative estimate of drug-likeness (QED) is 0.727. The highest BCUT2D eigenvalue weighted by molar-refractivity contribution is 5.94. The van der Waals surface area contributed by atoms with Crippen molar-refractivity contribution in [2.45, 2.75) is 51.9 Å². The Morgan fingerprint density at radius 1 is 1.37 bits per heavy atom. The Hall–Kier alpha value is -1.38. The van der Waals surface area contributed by atoms with Crippen molar-refractivity contribution in [3.8, 4) is 0 Å². The van der Waals surface area contributed by atoms with E-state index in [1.165, 1.54) is 37.8 Å². The number of carbonyl (C=O) groups excluding carboxylic acids is 1. The zero-order chi connectivity index (χ0) is 13.8. The fourth-order valence-corrected chi connectivity index (χ4v) is 2.88. The van der Waals surface area contributed by atoms with Crippen LogP contribution in [0.2, 0.25) is 0 Å². The fourth-order valence-electron chi connectivity index (χ4n) is 2.88. The van der Waals surface area contributed by atoms with E-state index in [9.17, 15) is 9.18 Å². The number of fused-ring (bicyclic) bond motifs is 1. The highest BCUT2D eigenvalue weighted by Gasteiger charge is 2.30. The van der Waals surface area contributed by atoms with Crippen LogP contribution in [0.5, 0.6) is 0 Å². The summed E-state index contributed by atoms with van der Waals surface area (Å²) in [5, 5.41) is 0. The van der Waals surface area contributed by atoms with E-state index in [0.29, 0.717) is 12.5 Å². The lowest BCUT2D eigenvalue weighted by atomic mass is 9.95. The van der Waals surface area contributed by atoms with Crippen LogP contribution in [0, 0.1) is 5.82 Å². The molecule has 0 N–H and O–H groups in total. The Morgan fingerprint density at radius 2 is 2.16 bits per heavy atom. The van der Waals surface area contributed by atoms with Gasteiger partial charge >= 0.3 is 0 Å². The topological polar surface area (TPSA) is 20.3 Å². The van der Waals surface area contributed by atoms with E-state index in [2.05, 4.69) is 6.92 Å². The molecule has 0 radical (unpaired) electrons. The van der Waals surface area contributed by atoms with E-state index >= 15 is 0 Å². The van der Waals surface area contributed by atoms with Gasteiger partial charge in [0.1, 0.15) is 5.82 Å². The number of anilines is 1. The van der Waals surface area contributed by atoms with Crippen molar-refractivity contribution in [3.63, 3.8) is 0 Å². The molecule has 1 aromatic carbocycles. The predicted molar refractivity (Wildman–Crippen MR) is 75.9 cm³/mol. The van der Waals surface area contributed by atoms with Crippen LogP contribution in [-0.2, 0) is 4.79 Å². The van der Waals surface area contributed by atoms with E-state index in [1.54, 1.807) is 11.8 Å². The molecule has 3 heteroatoms. The van der Waals surface area contributed by atoms with E-state index in [0.717, 1.165) is 17.7 Å². The third-order valence-electron chi connectivity index (χ3n) is 3.91. The van der Waals surface area contributed by atoms with Gasteiger partial charge in [-0.05, 0) is 24.1 Å². The molecule has 0 saturated heterocycles. The fraction of sp³-hybridized carbons (Fsp3) is 0.562. The summed E-state index contributed by atoms with van der Waals surface area (Å²) in [6.07, 6.45) is 6.00. The van der Waals surface area contributed by atoms with E-state index < -0.39 is 0 Å². The molecule has 19 heavy (non-hydrogen) atoms. The summed E-state index contributed by atoms with van der Waals surface area (Å²) in [6, 6.07) is 4.84. The molecule has 1 heterocycles. The molecule has 0 aromatic heterocycles. The molecule has 1 atom stereocenters. The highest BCUT2D eigenvalue weighted by Crippen LogP contribution is 2.39. The van der Waals surface area contributed by atoms with Crippen LogP contribution >= 0.6 is 0 Å². The third-order valence-corrected chi connectivity index (χ3v) is 3.91. The predicted octanol–water partition coefficient (Wildman–Crippen LogP) is 4.25. The number of benzene rings is 1. The lowest BCUT2D eigenvalue weighted by Crippen LogP contribution is -2.27. The van der Waals surface area contributed by atoms with Crippen LogP contribution in [0.1, 0.15) is 57.4 Å². The summed E-state index contributed by atoms with van der Waals surface area (Å²) >= 11 is 0. The smallest absolute Gasteiger partial charge is 0.223 e. The van der Waals surface area contributed by atoms with Crippen LogP contribution in [0.25, 0.3) is 0 Å². The Morgan fingerprint density at radius 3 is 2.84 bits per heavy atom. The van der Waals surface area contributed by atoms with Crippen molar-refractivity contribution < 1.29 is 9.18 Å². The second-order valence-electron chi connectivity index (χ2n) is 5.38. The molecule has 1 aliphatic heterocycles. The van der Waals surface area contributed by atoms with Gasteiger partial charge in [0.2, 0.25) is 5.91 Å². The molecule has 2 nitrogen and oxygen atoms in total. The molecule has 0 spiro atoms. The molecule has 0 fully saturated rings. The average molecular weight is 263 g/mol. The maximum atomic E-state index is 13.3. The molecule has 0 bridgehead atoms. The first-order valence-electron chi connectivity index (χ1n) is 7.21. The highest BCUT2D eigenvalue weighted by atomic mass is 19.1. The molecule has 1 aliphatic rings. The first-order chi connectivity index (χ1) is 9.13. The number of hydrogen-bond donors (Lipinski definition) is 0. The van der Waals surface area contributed by atoms with E-state index in [4.69, 9.17) is 0 Å². The minimum absolute atomic E-state index is 0.00269. The number of carbonyl (C=O) groups is 1. The number of unbranched alkanes of at least 4 members (excludes halogenated alkanes) is 3. The van der Waals surface area contributed by atoms with Gasteiger partial charge in [0.25, 0.3) is 0 Å². The van der Waals surface area contributed by atoms with Gasteiger partial charge in [-0.25, -0.2) is 4.39 Å². The second-order valence-corrected chi connectivity index (χ2v) is 5.38. The third kappa shape index (κ3) is 3.14. The summed E-state index contributed by atoms with van der Waals surface area (Å²) in [5.74, 6) is 0.107. The Bertz CT molecular complexity index is 458. The Labute approximate surface area is 114 Å². The Balaban J connectivity index is 2.10. The number of halogens is 1. The van der Waals surface area contributed by atoms with Gasteiger partial charge in [-0.2, -0.15) is 0 Å². The molecule has 0 saturated carbocycles. The van der Waals surface area contributed by atoms with Gasteiger partial charge in [-0.15, -0.1) is 0 Å². The lowest BCUT2D eigenvalue weighted by Gasteiger charge is -2.15. The standard InChI is InChI=1S/C16H22FNO/c1-3-4-5-6-7-13-11-18(12(2)19)16-10-14(17)8-9-15(13)16/h8-10,13H,3-7,11H2,1-2H3. The van der Waals surface area contributed by atoms with Crippen LogP contribution in [0.3, 0.4) is 0 Å². The summed E-state index contributed by atoms with van der Waals surface area (Å²) < 4.78 is 13.3. The first kappa shape index (κ1) is 14.0. The summed E-state index contributed by atoms with van der Waals surface area (Å²) in [7, 11) is 0. The largest absolute Gasteiger partial charge is 0.312 e. The number of amides is 1. The van der Waals surface area contributed by atoms with Gasteiger partial charge in [0.05, 0.1) is 5.69 Å². The maximum Gasteiger partial charge on any atom is 0.223 e. The molecule has 1 amide bonds. The lowest BCUT2D eigenvalue weighted by molar-refractivity contribution is -0.116. The minimum atomic E-state index is -0.267. The van der Waals surface area contributed by atoms with Gasteiger partial charge < -0.3 is 4.90 Å². The van der Waals surface area contributed by atoms with Crippen molar-refractivity contribution in [2.75, 3.05) is 11.4 Å². The summed E-state index contributed by atoms with van der Waals surface area (Å²) in [5.41, 5.74) is 1.90. The summed E-state index contributed by atoms with van der Waals surface area (Å²) in [4.78, 5) is 13.4. The van der Waals surface area contributed by atoms with Crippen molar-refractivity contribution in [1.29, 1.82) is 0 Å². The molecule has 1 unspecified atom stereocenters. The molecule has 1 aromatic rings. The molecule has 0 aliphatic carbocycles. The van der Waals surface area contributed by atoms with Gasteiger partial charge in [-0.1, -0.05) is 38.7 Å². The molecular weight excluding hydrogens is 241 g/mol. The SMILES string of the molecule is CCCCCCC1CN(C(C)=O)c2cc(F)ccc21. The maximum absolute atomic E-state index is 13.3. The number of hydrogen-bond acceptors (Lipinski definition) is 1. The number of rotatable bonds is 5. The van der Waals surface area contributed by atoms with Crippen LogP contribution in [0.15, 0.2) is 18.2 Å². The average Bonchev–Trinajstić information content (AvgIpc) is 2.73. The molecular formula is C16H22FNO. The normalized spacial score (nSPS) is 17.6. The van der Waals surface area contributed by atoms with Gasteiger partial charge in [0, 0.05) is 19.4 Å². The monoisotopic (exact) mass is 263 g/mol. The molecule has 104 valence electrons. The van der Waals surface area contributed by atoms with Crippen molar-refractivity contribution in [2.24, 2.45) is 0 Å². The minimum Gasteiger partial charge on any atom is -0.312 e. The van der Waals surface area contributed by atoms with Crippen LogP contribution < -0.4 is 4.90 Å². The Kier molecular flexibility index (Phi) is 4.56. The number of nitrogens with zero attached hydrogens (tertiary/aromatic N) is 1. The zero-order valence-corrected chi connectivity index (χ0v) is 11.8. The first-order valence-corrected chi connectivity index (χ1v) is 7.21. The van der Waals surface area contributed by atoms with E-state index in [1.807, 2.05) is 6.07 Å². The van der Waals surface area contributed by atoms with Crippen molar-refractivity contribution in [1.82, 2.24) is 0 Å². The van der Waals surface area contributed by atoms with Gasteiger partial charge in [0.15, 0.2) is 0 Å². The summed E-state index contributed by atoms with van der Waals surface area (Å²) in [6.45, 7) is 4.46. The van der Waals surface area contributed by atoms with Crippen LogP contribution in [-0.4, -0.2) is 12.5 Å². The second kappa shape index (κ2) is 6.18. The van der Waals surface area contributed by atoms with Crippen LogP contribution in [0.4, 0.5) is 10.1 Å². The zero-order valence-electron chi connectivity index (χ0n) is 11.8.